The van der Waals surface area contributed by atoms with Gasteiger partial charge in [-0.05, 0) is 74.4 Å². The number of halogens is 1. The van der Waals surface area contributed by atoms with Crippen LogP contribution < -0.4 is 0 Å². The lowest BCUT2D eigenvalue weighted by Gasteiger charge is -2.43. The topological polar surface area (TPSA) is 34.9 Å². The third kappa shape index (κ3) is 2.55. The number of carbonyl (C=O) groups is 1. The number of fused-ring (bicyclic) bond motifs is 2. The SMILES string of the molecule is CC[C@H]1CCC2=Cc3c(cnn3-c3ccc(F)cc3)C[C@]2(C(C)=O)C1. The van der Waals surface area contributed by atoms with Crippen LogP contribution in [0.3, 0.4) is 0 Å². The van der Waals surface area contributed by atoms with E-state index in [4.69, 9.17) is 0 Å². The van der Waals surface area contributed by atoms with Gasteiger partial charge in [-0.1, -0.05) is 18.9 Å². The third-order valence-corrected chi connectivity index (χ3v) is 6.09. The van der Waals surface area contributed by atoms with Crippen molar-refractivity contribution >= 4 is 11.9 Å². The Morgan fingerprint density at radius 1 is 1.36 bits per heavy atom. The quantitative estimate of drug-likeness (QED) is 0.810. The molecule has 3 nitrogen and oxygen atoms in total. The molecule has 0 bridgehead atoms. The fourth-order valence-electron chi connectivity index (χ4n) is 4.52. The van der Waals surface area contributed by atoms with Gasteiger partial charge in [0, 0.05) is 0 Å². The molecular weight excluding hydrogens is 315 g/mol. The monoisotopic (exact) mass is 338 g/mol. The minimum absolute atomic E-state index is 0.253. The minimum atomic E-state index is -0.345. The molecule has 1 fully saturated rings. The van der Waals surface area contributed by atoms with Gasteiger partial charge in [-0.2, -0.15) is 5.10 Å². The number of nitrogens with zero attached hydrogens (tertiary/aromatic N) is 2. The summed E-state index contributed by atoms with van der Waals surface area (Å²) in [5.74, 6) is 0.642. The highest BCUT2D eigenvalue weighted by Crippen LogP contribution is 2.51. The standard InChI is InChI=1S/C21H23FN2O/c1-3-15-4-5-17-10-20-16(12-21(17,11-15)14(2)25)13-23-24(20)19-8-6-18(22)7-9-19/h6-10,13,15H,3-5,11-12H2,1-2H3/t15-,21-/m0/s1. The largest absolute Gasteiger partial charge is 0.299 e. The smallest absolute Gasteiger partial charge is 0.140 e. The molecule has 0 unspecified atom stereocenters. The lowest BCUT2D eigenvalue weighted by molar-refractivity contribution is -0.126. The van der Waals surface area contributed by atoms with Crippen molar-refractivity contribution in [1.29, 1.82) is 0 Å². The summed E-state index contributed by atoms with van der Waals surface area (Å²) in [7, 11) is 0. The predicted molar refractivity (Wildman–Crippen MR) is 95.9 cm³/mol. The van der Waals surface area contributed by atoms with Crippen LogP contribution in [0.2, 0.25) is 0 Å². The number of hydrogen-bond donors (Lipinski definition) is 0. The molecule has 25 heavy (non-hydrogen) atoms. The van der Waals surface area contributed by atoms with E-state index in [9.17, 15) is 9.18 Å². The van der Waals surface area contributed by atoms with Gasteiger partial charge in [0.15, 0.2) is 0 Å². The van der Waals surface area contributed by atoms with Crippen molar-refractivity contribution in [2.45, 2.75) is 46.0 Å². The highest BCUT2D eigenvalue weighted by molar-refractivity contribution is 5.89. The molecule has 0 aliphatic heterocycles. The van der Waals surface area contributed by atoms with Gasteiger partial charge < -0.3 is 0 Å². The van der Waals surface area contributed by atoms with Crippen LogP contribution in [0.5, 0.6) is 0 Å². The van der Waals surface area contributed by atoms with Gasteiger partial charge in [-0.15, -0.1) is 0 Å². The molecule has 0 radical (unpaired) electrons. The number of allylic oxidation sites excluding steroid dienone is 1. The lowest BCUT2D eigenvalue weighted by atomic mass is 9.59. The Hall–Kier alpha value is -2.23. The molecule has 2 aromatic rings. The summed E-state index contributed by atoms with van der Waals surface area (Å²) in [5.41, 5.74) is 3.90. The van der Waals surface area contributed by atoms with Crippen molar-refractivity contribution in [3.05, 3.63) is 53.1 Å². The van der Waals surface area contributed by atoms with E-state index in [2.05, 4.69) is 18.1 Å². The van der Waals surface area contributed by atoms with Gasteiger partial charge in [-0.3, -0.25) is 4.79 Å². The maximum Gasteiger partial charge on any atom is 0.140 e. The van der Waals surface area contributed by atoms with E-state index < -0.39 is 0 Å². The normalized spacial score (nSPS) is 25.1. The summed E-state index contributed by atoms with van der Waals surface area (Å²) >= 11 is 0. The molecule has 0 spiro atoms. The highest BCUT2D eigenvalue weighted by atomic mass is 19.1. The Labute approximate surface area is 147 Å². The Kier molecular flexibility index (Phi) is 3.86. The number of rotatable bonds is 3. The first kappa shape index (κ1) is 16.2. The van der Waals surface area contributed by atoms with E-state index in [1.165, 1.54) is 17.7 Å². The van der Waals surface area contributed by atoms with Crippen molar-refractivity contribution in [2.75, 3.05) is 0 Å². The molecular formula is C21H23FN2O. The van der Waals surface area contributed by atoms with Crippen LogP contribution >= 0.6 is 0 Å². The van der Waals surface area contributed by atoms with Crippen LogP contribution in [0.1, 0.15) is 50.8 Å². The van der Waals surface area contributed by atoms with Crippen molar-refractivity contribution in [2.24, 2.45) is 11.3 Å². The molecule has 4 rings (SSSR count). The Morgan fingerprint density at radius 3 is 2.80 bits per heavy atom. The zero-order chi connectivity index (χ0) is 17.6. The van der Waals surface area contributed by atoms with Crippen molar-refractivity contribution in [3.8, 4) is 5.69 Å². The third-order valence-electron chi connectivity index (χ3n) is 6.09. The Balaban J connectivity index is 1.79. The first-order chi connectivity index (χ1) is 12.0. The van der Waals surface area contributed by atoms with Gasteiger partial charge in [-0.25, -0.2) is 9.07 Å². The van der Waals surface area contributed by atoms with Gasteiger partial charge in [0.2, 0.25) is 0 Å². The van der Waals surface area contributed by atoms with Gasteiger partial charge >= 0.3 is 0 Å². The molecule has 0 saturated heterocycles. The van der Waals surface area contributed by atoms with E-state index >= 15 is 0 Å². The molecule has 2 atom stereocenters. The zero-order valence-corrected chi connectivity index (χ0v) is 14.8. The van der Waals surface area contributed by atoms with Crippen LogP contribution in [0.25, 0.3) is 11.8 Å². The van der Waals surface area contributed by atoms with Crippen LogP contribution in [0.4, 0.5) is 4.39 Å². The second kappa shape index (κ2) is 5.94. The summed E-state index contributed by atoms with van der Waals surface area (Å²) in [6, 6.07) is 6.38. The summed E-state index contributed by atoms with van der Waals surface area (Å²) in [5, 5.41) is 4.52. The van der Waals surface area contributed by atoms with Crippen molar-refractivity contribution in [1.82, 2.24) is 9.78 Å². The molecule has 1 heterocycles. The average Bonchev–Trinajstić information content (AvgIpc) is 3.02. The van der Waals surface area contributed by atoms with Gasteiger partial charge in [0.05, 0.1) is 23.0 Å². The van der Waals surface area contributed by atoms with Gasteiger partial charge in [0.1, 0.15) is 11.6 Å². The number of aromatic nitrogens is 2. The number of hydrogen-bond acceptors (Lipinski definition) is 2. The van der Waals surface area contributed by atoms with Crippen LogP contribution in [0.15, 0.2) is 36.0 Å². The van der Waals surface area contributed by atoms with E-state index in [0.29, 0.717) is 5.92 Å². The van der Waals surface area contributed by atoms with Gasteiger partial charge in [0.25, 0.3) is 0 Å². The number of Topliss-reactive ketones (excluding diaryl/α,β-unsaturated/α-hetero) is 1. The Bertz CT molecular complexity index is 849. The lowest BCUT2D eigenvalue weighted by Crippen LogP contribution is -2.40. The summed E-state index contributed by atoms with van der Waals surface area (Å²) < 4.78 is 15.1. The van der Waals surface area contributed by atoms with Crippen molar-refractivity contribution < 1.29 is 9.18 Å². The van der Waals surface area contributed by atoms with Crippen molar-refractivity contribution in [3.63, 3.8) is 0 Å². The van der Waals surface area contributed by atoms with Crippen LogP contribution in [0, 0.1) is 17.2 Å². The maximum absolute atomic E-state index is 13.2. The predicted octanol–water partition coefficient (Wildman–Crippen LogP) is 4.74. The highest BCUT2D eigenvalue weighted by Gasteiger charge is 2.46. The fourth-order valence-corrected chi connectivity index (χ4v) is 4.52. The molecule has 130 valence electrons. The molecule has 0 amide bonds. The number of carbonyl (C=O) groups excluding carboxylic acids is 1. The molecule has 1 saturated carbocycles. The maximum atomic E-state index is 13.2. The summed E-state index contributed by atoms with van der Waals surface area (Å²) in [6.07, 6.45) is 8.98. The molecule has 4 heteroatoms. The molecule has 1 aromatic heterocycles. The van der Waals surface area contributed by atoms with Crippen LogP contribution in [-0.4, -0.2) is 15.6 Å². The molecule has 1 aromatic carbocycles. The van der Waals surface area contributed by atoms with E-state index in [0.717, 1.165) is 49.0 Å². The van der Waals surface area contributed by atoms with E-state index in [-0.39, 0.29) is 17.0 Å². The molecule has 2 aliphatic rings. The average molecular weight is 338 g/mol. The first-order valence-corrected chi connectivity index (χ1v) is 9.08. The summed E-state index contributed by atoms with van der Waals surface area (Å²) in [6.45, 7) is 3.95. The minimum Gasteiger partial charge on any atom is -0.299 e. The number of benzene rings is 1. The second-order valence-corrected chi connectivity index (χ2v) is 7.44. The van der Waals surface area contributed by atoms with E-state index in [1.54, 1.807) is 19.1 Å². The fraction of sp³-hybridized carbons (Fsp3) is 0.429. The molecule has 0 N–H and O–H groups in total. The second-order valence-electron chi connectivity index (χ2n) is 7.44. The molecule has 2 aliphatic carbocycles. The first-order valence-electron chi connectivity index (χ1n) is 9.08. The zero-order valence-electron chi connectivity index (χ0n) is 14.8. The van der Waals surface area contributed by atoms with Crippen LogP contribution in [-0.2, 0) is 11.2 Å². The Morgan fingerprint density at radius 2 is 2.12 bits per heavy atom. The number of ketones is 1. The summed E-state index contributed by atoms with van der Waals surface area (Å²) in [4.78, 5) is 12.6. The van der Waals surface area contributed by atoms with E-state index in [1.807, 2.05) is 10.9 Å².